The molecule has 0 saturated heterocycles. The van der Waals surface area contributed by atoms with Gasteiger partial charge in [-0.25, -0.2) is 4.79 Å². The minimum absolute atomic E-state index is 0.111. The van der Waals surface area contributed by atoms with Gasteiger partial charge >= 0.3 is 6.09 Å². The quantitative estimate of drug-likeness (QED) is 0.736. The first kappa shape index (κ1) is 22.1. The third-order valence-corrected chi connectivity index (χ3v) is 4.81. The molecule has 8 heteroatoms. The molecule has 1 aromatic heterocycles. The molecule has 0 saturated carbocycles. The molecule has 0 spiro atoms. The SMILES string of the molecule is C=C(C=C(C)NC(=O)c1ccc2cc3n(c2c1)CCNC3=O)N(C)C(=O)OC(C)(C)C. The van der Waals surface area contributed by atoms with Crippen molar-refractivity contribution in [2.75, 3.05) is 13.6 Å². The molecule has 3 rings (SSSR count). The van der Waals surface area contributed by atoms with Gasteiger partial charge in [-0.1, -0.05) is 12.6 Å². The van der Waals surface area contributed by atoms with Crippen LogP contribution >= 0.6 is 0 Å². The zero-order chi connectivity index (χ0) is 22.9. The van der Waals surface area contributed by atoms with E-state index in [0.717, 1.165) is 10.9 Å². The maximum atomic E-state index is 12.8. The van der Waals surface area contributed by atoms with Crippen molar-refractivity contribution >= 4 is 28.8 Å². The number of amides is 3. The summed E-state index contributed by atoms with van der Waals surface area (Å²) in [6.07, 6.45) is 1.07. The van der Waals surface area contributed by atoms with Crippen LogP contribution in [0, 0.1) is 0 Å². The van der Waals surface area contributed by atoms with Crippen molar-refractivity contribution in [3.05, 3.63) is 59.6 Å². The number of carbonyl (C=O) groups excluding carboxylic acids is 3. The summed E-state index contributed by atoms with van der Waals surface area (Å²) in [5.41, 5.74) is 2.20. The highest BCUT2D eigenvalue weighted by Crippen LogP contribution is 2.23. The van der Waals surface area contributed by atoms with E-state index in [9.17, 15) is 14.4 Å². The van der Waals surface area contributed by atoms with E-state index >= 15 is 0 Å². The lowest BCUT2D eigenvalue weighted by atomic mass is 10.1. The molecule has 8 nitrogen and oxygen atoms in total. The Hall–Kier alpha value is -3.55. The predicted octanol–water partition coefficient (Wildman–Crippen LogP) is 3.40. The summed E-state index contributed by atoms with van der Waals surface area (Å²) in [5, 5.41) is 6.53. The first-order valence-corrected chi connectivity index (χ1v) is 10.0. The van der Waals surface area contributed by atoms with E-state index in [2.05, 4.69) is 17.2 Å². The van der Waals surface area contributed by atoms with Gasteiger partial charge in [0.15, 0.2) is 0 Å². The van der Waals surface area contributed by atoms with Crippen LogP contribution in [0.25, 0.3) is 10.9 Å². The first-order valence-electron chi connectivity index (χ1n) is 10.0. The van der Waals surface area contributed by atoms with E-state index in [4.69, 9.17) is 4.74 Å². The largest absolute Gasteiger partial charge is 0.443 e. The van der Waals surface area contributed by atoms with Crippen molar-refractivity contribution in [3.8, 4) is 0 Å². The van der Waals surface area contributed by atoms with Gasteiger partial charge in [0.05, 0.1) is 0 Å². The number of nitrogens with one attached hydrogen (secondary N) is 2. The van der Waals surface area contributed by atoms with Crippen LogP contribution < -0.4 is 10.6 Å². The van der Waals surface area contributed by atoms with Crippen LogP contribution in [0.4, 0.5) is 4.79 Å². The fourth-order valence-corrected chi connectivity index (χ4v) is 3.28. The highest BCUT2D eigenvalue weighted by Gasteiger charge is 2.22. The lowest BCUT2D eigenvalue weighted by Gasteiger charge is -2.25. The molecule has 1 aliphatic rings. The summed E-state index contributed by atoms with van der Waals surface area (Å²) >= 11 is 0. The highest BCUT2D eigenvalue weighted by molar-refractivity contribution is 6.02. The summed E-state index contributed by atoms with van der Waals surface area (Å²) in [4.78, 5) is 38.2. The normalized spacial score (nSPS) is 14.0. The van der Waals surface area contributed by atoms with Crippen LogP contribution in [0.5, 0.6) is 0 Å². The lowest BCUT2D eigenvalue weighted by molar-refractivity contribution is 0.0359. The summed E-state index contributed by atoms with van der Waals surface area (Å²) in [7, 11) is 1.56. The number of hydrogen-bond acceptors (Lipinski definition) is 4. The second-order valence-electron chi connectivity index (χ2n) is 8.52. The second-order valence-corrected chi connectivity index (χ2v) is 8.52. The topological polar surface area (TPSA) is 92.7 Å². The zero-order valence-electron chi connectivity index (χ0n) is 18.5. The molecule has 2 heterocycles. The Bertz CT molecular complexity index is 1100. The second kappa shape index (κ2) is 8.29. The number of carbonyl (C=O) groups is 3. The Morgan fingerprint density at radius 2 is 2.00 bits per heavy atom. The van der Waals surface area contributed by atoms with Gasteiger partial charge in [-0.15, -0.1) is 0 Å². The molecule has 1 aliphatic heterocycles. The minimum Gasteiger partial charge on any atom is -0.443 e. The standard InChI is InChI=1S/C23H28N4O4/c1-14(11-15(2)26(6)22(30)31-23(3,4)5)25-20(28)17-8-7-16-12-19-21(29)24-9-10-27(19)18(16)13-17/h7-8,11-13H,2,9-10H2,1,3-6H3,(H,24,29)(H,25,28). The predicted molar refractivity (Wildman–Crippen MR) is 119 cm³/mol. The summed E-state index contributed by atoms with van der Waals surface area (Å²) in [5.74, 6) is -0.404. The Morgan fingerprint density at radius 3 is 2.68 bits per heavy atom. The zero-order valence-corrected chi connectivity index (χ0v) is 18.5. The van der Waals surface area contributed by atoms with Crippen molar-refractivity contribution in [1.82, 2.24) is 20.1 Å². The molecule has 1 aromatic carbocycles. The Morgan fingerprint density at radius 1 is 1.29 bits per heavy atom. The molecule has 3 amide bonds. The number of rotatable bonds is 4. The maximum absolute atomic E-state index is 12.8. The monoisotopic (exact) mass is 424 g/mol. The number of nitrogens with zero attached hydrogens (tertiary/aromatic N) is 2. The average molecular weight is 425 g/mol. The van der Waals surface area contributed by atoms with Crippen LogP contribution in [0.1, 0.15) is 48.5 Å². The third-order valence-electron chi connectivity index (χ3n) is 4.81. The van der Waals surface area contributed by atoms with Gasteiger partial charge in [-0.3, -0.25) is 14.5 Å². The summed E-state index contributed by atoms with van der Waals surface area (Å²) in [6.45, 7) is 12.2. The van der Waals surface area contributed by atoms with Crippen LogP contribution in [0.15, 0.2) is 48.3 Å². The molecule has 31 heavy (non-hydrogen) atoms. The number of allylic oxidation sites excluding steroid dienone is 2. The average Bonchev–Trinajstić information content (AvgIpc) is 3.05. The van der Waals surface area contributed by atoms with Gasteiger partial charge < -0.3 is 19.9 Å². The molecule has 0 atom stereocenters. The molecule has 0 fully saturated rings. The van der Waals surface area contributed by atoms with Gasteiger partial charge in [-0.05, 0) is 52.0 Å². The van der Waals surface area contributed by atoms with E-state index in [1.807, 2.05) is 16.7 Å². The van der Waals surface area contributed by atoms with Gasteiger partial charge in [0.2, 0.25) is 0 Å². The Kier molecular flexibility index (Phi) is 5.92. The lowest BCUT2D eigenvalue weighted by Crippen LogP contribution is -2.34. The Balaban J connectivity index is 1.73. The van der Waals surface area contributed by atoms with E-state index < -0.39 is 11.7 Å². The number of aromatic nitrogens is 1. The third kappa shape index (κ3) is 4.96. The molecule has 0 radical (unpaired) electrons. The number of ether oxygens (including phenoxy) is 1. The van der Waals surface area contributed by atoms with Crippen LogP contribution in [-0.2, 0) is 11.3 Å². The van der Waals surface area contributed by atoms with Crippen LogP contribution in [0.2, 0.25) is 0 Å². The summed E-state index contributed by atoms with van der Waals surface area (Å²) in [6, 6.07) is 7.16. The van der Waals surface area contributed by atoms with Crippen LogP contribution in [-0.4, -0.2) is 46.6 Å². The number of hydrogen-bond donors (Lipinski definition) is 2. The molecule has 0 aliphatic carbocycles. The highest BCUT2D eigenvalue weighted by atomic mass is 16.6. The van der Waals surface area contributed by atoms with Crippen molar-refractivity contribution in [2.45, 2.75) is 39.8 Å². The van der Waals surface area contributed by atoms with E-state index in [0.29, 0.717) is 35.7 Å². The molecular weight excluding hydrogens is 396 g/mol. The molecule has 2 aromatic rings. The van der Waals surface area contributed by atoms with Crippen molar-refractivity contribution in [2.24, 2.45) is 0 Å². The molecule has 2 N–H and O–H groups in total. The fourth-order valence-electron chi connectivity index (χ4n) is 3.28. The number of likely N-dealkylation sites (N-methyl/N-ethyl adjacent to an activating group) is 1. The van der Waals surface area contributed by atoms with Gasteiger partial charge in [0.25, 0.3) is 11.8 Å². The van der Waals surface area contributed by atoms with E-state index in [1.165, 1.54) is 4.90 Å². The number of benzene rings is 1. The minimum atomic E-state index is -0.615. The van der Waals surface area contributed by atoms with Crippen LogP contribution in [0.3, 0.4) is 0 Å². The molecular formula is C23H28N4O4. The van der Waals surface area contributed by atoms with Gasteiger partial charge in [-0.2, -0.15) is 0 Å². The number of fused-ring (bicyclic) bond motifs is 3. The smallest absolute Gasteiger partial charge is 0.414 e. The molecule has 164 valence electrons. The van der Waals surface area contributed by atoms with E-state index in [-0.39, 0.29) is 11.8 Å². The first-order chi connectivity index (χ1) is 14.5. The van der Waals surface area contributed by atoms with E-state index in [1.54, 1.807) is 53.0 Å². The van der Waals surface area contributed by atoms with Crippen molar-refractivity contribution in [3.63, 3.8) is 0 Å². The fraction of sp³-hybridized carbons (Fsp3) is 0.348. The molecule has 0 bridgehead atoms. The molecule has 0 unspecified atom stereocenters. The Labute approximate surface area is 181 Å². The maximum Gasteiger partial charge on any atom is 0.414 e. The van der Waals surface area contributed by atoms with Crippen molar-refractivity contribution in [1.29, 1.82) is 0 Å². The van der Waals surface area contributed by atoms with Gasteiger partial charge in [0.1, 0.15) is 11.3 Å². The van der Waals surface area contributed by atoms with Crippen molar-refractivity contribution < 1.29 is 19.1 Å². The van der Waals surface area contributed by atoms with Gasteiger partial charge in [0, 0.05) is 48.0 Å². The summed E-state index contributed by atoms with van der Waals surface area (Å²) < 4.78 is 7.24.